The first-order chi connectivity index (χ1) is 14.1. The van der Waals surface area contributed by atoms with E-state index >= 15 is 0 Å². The van der Waals surface area contributed by atoms with Gasteiger partial charge in [-0.2, -0.15) is 0 Å². The van der Waals surface area contributed by atoms with Crippen molar-refractivity contribution in [3.63, 3.8) is 0 Å². The van der Waals surface area contributed by atoms with Gasteiger partial charge in [-0.15, -0.1) is 10.2 Å². The van der Waals surface area contributed by atoms with Gasteiger partial charge in [0.1, 0.15) is 16.8 Å². The van der Waals surface area contributed by atoms with Crippen molar-refractivity contribution in [1.82, 2.24) is 20.8 Å². The number of carbonyl (C=O) groups excluding carboxylic acids is 2. The van der Waals surface area contributed by atoms with Gasteiger partial charge in [-0.1, -0.05) is 73.3 Å². The van der Waals surface area contributed by atoms with Crippen molar-refractivity contribution in [3.8, 4) is 11.3 Å². The van der Waals surface area contributed by atoms with Gasteiger partial charge >= 0.3 is 0 Å². The second-order valence-corrected chi connectivity index (χ2v) is 7.60. The largest absolute Gasteiger partial charge is 0.354 e. The summed E-state index contributed by atoms with van der Waals surface area (Å²) in [5.74, 6) is -0.232. The lowest BCUT2D eigenvalue weighted by Crippen LogP contribution is -2.45. The van der Waals surface area contributed by atoms with Gasteiger partial charge < -0.3 is 10.6 Å². The summed E-state index contributed by atoms with van der Waals surface area (Å²) in [7, 11) is 0. The van der Waals surface area contributed by atoms with E-state index in [1.807, 2.05) is 61.5 Å². The maximum absolute atomic E-state index is 12.3. The molecule has 1 heterocycles. The van der Waals surface area contributed by atoms with E-state index in [0.717, 1.165) is 28.5 Å². The summed E-state index contributed by atoms with van der Waals surface area (Å²) in [4.78, 5) is 24.2. The number of carbonyl (C=O) groups is 2. The fourth-order valence-corrected chi connectivity index (χ4v) is 3.66. The van der Waals surface area contributed by atoms with E-state index in [0.29, 0.717) is 11.6 Å². The molecule has 0 aliphatic rings. The summed E-state index contributed by atoms with van der Waals surface area (Å²) < 4.78 is 0. The second kappa shape index (κ2) is 10.0. The summed E-state index contributed by atoms with van der Waals surface area (Å²) in [6, 6.07) is 17.2. The number of nitrogens with one attached hydrogen (secondary N) is 2. The smallest absolute Gasteiger partial charge is 0.242 e. The van der Waals surface area contributed by atoms with Gasteiger partial charge in [-0.05, 0) is 13.3 Å². The number of amides is 2. The molecule has 0 aliphatic carbocycles. The number of benzene rings is 2. The molecule has 0 aliphatic heterocycles. The van der Waals surface area contributed by atoms with Gasteiger partial charge in [0.2, 0.25) is 11.8 Å². The van der Waals surface area contributed by atoms with Crippen molar-refractivity contribution < 1.29 is 9.59 Å². The zero-order valence-electron chi connectivity index (χ0n) is 16.5. The Labute approximate surface area is 174 Å². The lowest BCUT2D eigenvalue weighted by Gasteiger charge is -2.14. The summed E-state index contributed by atoms with van der Waals surface area (Å²) in [6.07, 6.45) is 0.854. The SMILES string of the molecule is CCCNC(=O)[C@H](C)NC(=O)CSc1nnc(-c2ccccc2)c2ccccc12. The molecule has 0 bridgehead atoms. The number of hydrogen-bond acceptors (Lipinski definition) is 5. The Bertz CT molecular complexity index is 995. The molecule has 3 rings (SSSR count). The minimum atomic E-state index is -0.571. The summed E-state index contributed by atoms with van der Waals surface area (Å²) in [5, 5.41) is 16.9. The monoisotopic (exact) mass is 408 g/mol. The van der Waals surface area contributed by atoms with Crippen LogP contribution >= 0.6 is 11.8 Å². The van der Waals surface area contributed by atoms with Crippen LogP contribution in [0.5, 0.6) is 0 Å². The highest BCUT2D eigenvalue weighted by Gasteiger charge is 2.16. The maximum atomic E-state index is 12.3. The third-order valence-corrected chi connectivity index (χ3v) is 5.34. The quantitative estimate of drug-likeness (QED) is 0.558. The number of rotatable bonds is 8. The molecule has 1 atom stereocenters. The molecule has 0 saturated heterocycles. The topological polar surface area (TPSA) is 84.0 Å². The summed E-state index contributed by atoms with van der Waals surface area (Å²) in [5.41, 5.74) is 1.81. The van der Waals surface area contributed by atoms with E-state index in [-0.39, 0.29) is 17.6 Å². The molecule has 7 heteroatoms. The van der Waals surface area contributed by atoms with E-state index in [4.69, 9.17) is 0 Å². The Morgan fingerprint density at radius 2 is 1.69 bits per heavy atom. The third-order valence-electron chi connectivity index (χ3n) is 4.36. The molecule has 0 saturated carbocycles. The standard InChI is InChI=1S/C22H24N4O2S/c1-3-13-23-21(28)15(2)24-19(27)14-29-22-18-12-8-7-11-17(18)20(25-26-22)16-9-5-4-6-10-16/h4-12,15H,3,13-14H2,1-2H3,(H,23,28)(H,24,27)/t15-/m0/s1. The van der Waals surface area contributed by atoms with Gasteiger partial charge in [0, 0.05) is 22.9 Å². The molecule has 0 radical (unpaired) electrons. The molecular formula is C22H24N4O2S. The Balaban J connectivity index is 1.71. The van der Waals surface area contributed by atoms with Crippen LogP contribution in [0, 0.1) is 0 Å². The van der Waals surface area contributed by atoms with E-state index in [9.17, 15) is 9.59 Å². The number of hydrogen-bond donors (Lipinski definition) is 2. The zero-order chi connectivity index (χ0) is 20.6. The third kappa shape index (κ3) is 5.32. The van der Waals surface area contributed by atoms with Crippen LogP contribution in [0.4, 0.5) is 0 Å². The Morgan fingerprint density at radius 3 is 2.41 bits per heavy atom. The molecule has 0 fully saturated rings. The molecule has 3 aromatic rings. The second-order valence-electron chi connectivity index (χ2n) is 6.63. The van der Waals surface area contributed by atoms with Gasteiger partial charge in [0.15, 0.2) is 0 Å². The van der Waals surface area contributed by atoms with Crippen molar-refractivity contribution >= 4 is 34.3 Å². The first-order valence-electron chi connectivity index (χ1n) is 9.61. The van der Waals surface area contributed by atoms with E-state index < -0.39 is 6.04 Å². The first-order valence-corrected chi connectivity index (χ1v) is 10.6. The zero-order valence-corrected chi connectivity index (χ0v) is 17.3. The summed E-state index contributed by atoms with van der Waals surface area (Å²) in [6.45, 7) is 4.26. The van der Waals surface area contributed by atoms with Crippen LogP contribution in [0.1, 0.15) is 20.3 Å². The normalized spacial score (nSPS) is 11.8. The molecule has 2 aromatic carbocycles. The van der Waals surface area contributed by atoms with Gasteiger partial charge in [-0.3, -0.25) is 9.59 Å². The highest BCUT2D eigenvalue weighted by molar-refractivity contribution is 8.00. The van der Waals surface area contributed by atoms with E-state index in [1.165, 1.54) is 11.8 Å². The molecule has 1 aromatic heterocycles. The average molecular weight is 409 g/mol. The van der Waals surface area contributed by atoms with Crippen LogP contribution in [-0.4, -0.2) is 40.4 Å². The predicted octanol–water partition coefficient (Wildman–Crippen LogP) is 3.42. The fraction of sp³-hybridized carbons (Fsp3) is 0.273. The van der Waals surface area contributed by atoms with Crippen LogP contribution in [0.15, 0.2) is 59.6 Å². The predicted molar refractivity (Wildman–Crippen MR) is 117 cm³/mol. The van der Waals surface area contributed by atoms with Crippen LogP contribution in [0.2, 0.25) is 0 Å². The molecule has 2 N–H and O–H groups in total. The minimum absolute atomic E-state index is 0.161. The van der Waals surface area contributed by atoms with Crippen molar-refractivity contribution in [2.75, 3.05) is 12.3 Å². The number of thioether (sulfide) groups is 1. The summed E-state index contributed by atoms with van der Waals surface area (Å²) >= 11 is 1.32. The number of aromatic nitrogens is 2. The maximum Gasteiger partial charge on any atom is 0.242 e. The minimum Gasteiger partial charge on any atom is -0.354 e. The molecule has 29 heavy (non-hydrogen) atoms. The van der Waals surface area contributed by atoms with Crippen LogP contribution in [0.3, 0.4) is 0 Å². The lowest BCUT2D eigenvalue weighted by atomic mass is 10.1. The van der Waals surface area contributed by atoms with Crippen LogP contribution in [-0.2, 0) is 9.59 Å². The van der Waals surface area contributed by atoms with Crippen LogP contribution < -0.4 is 10.6 Å². The Kier molecular flexibility index (Phi) is 7.19. The molecule has 0 spiro atoms. The van der Waals surface area contributed by atoms with E-state index in [2.05, 4.69) is 20.8 Å². The van der Waals surface area contributed by atoms with E-state index in [1.54, 1.807) is 6.92 Å². The molecule has 150 valence electrons. The first kappa shape index (κ1) is 20.8. The Morgan fingerprint density at radius 1 is 1.00 bits per heavy atom. The van der Waals surface area contributed by atoms with Gasteiger partial charge in [-0.25, -0.2) is 0 Å². The highest BCUT2D eigenvalue weighted by Crippen LogP contribution is 2.31. The highest BCUT2D eigenvalue weighted by atomic mass is 32.2. The van der Waals surface area contributed by atoms with Gasteiger partial charge in [0.05, 0.1) is 5.75 Å². The Hall–Kier alpha value is -2.93. The number of nitrogens with zero attached hydrogens (tertiary/aromatic N) is 2. The van der Waals surface area contributed by atoms with Crippen molar-refractivity contribution in [3.05, 3.63) is 54.6 Å². The van der Waals surface area contributed by atoms with Crippen molar-refractivity contribution in [2.24, 2.45) is 0 Å². The molecular weight excluding hydrogens is 384 g/mol. The van der Waals surface area contributed by atoms with Crippen molar-refractivity contribution in [1.29, 1.82) is 0 Å². The van der Waals surface area contributed by atoms with Crippen LogP contribution in [0.25, 0.3) is 22.0 Å². The lowest BCUT2D eigenvalue weighted by molar-refractivity contribution is -0.127. The average Bonchev–Trinajstić information content (AvgIpc) is 2.76. The molecule has 6 nitrogen and oxygen atoms in total. The molecule has 0 unspecified atom stereocenters. The number of fused-ring (bicyclic) bond motifs is 1. The van der Waals surface area contributed by atoms with Gasteiger partial charge in [0.25, 0.3) is 0 Å². The molecule has 2 amide bonds. The van der Waals surface area contributed by atoms with Crippen molar-refractivity contribution in [2.45, 2.75) is 31.3 Å². The fourth-order valence-electron chi connectivity index (χ4n) is 2.88.